The van der Waals surface area contributed by atoms with Crippen LogP contribution in [0.4, 0.5) is 14.9 Å². The van der Waals surface area contributed by atoms with Crippen molar-refractivity contribution >= 4 is 17.6 Å². The maximum Gasteiger partial charge on any atom is 0.329 e. The van der Waals surface area contributed by atoms with Gasteiger partial charge in [0.15, 0.2) is 0 Å². The summed E-state index contributed by atoms with van der Waals surface area (Å²) in [6.07, 6.45) is 0. The Morgan fingerprint density at radius 2 is 1.87 bits per heavy atom. The first-order valence-corrected chi connectivity index (χ1v) is 4.49. The Hall–Kier alpha value is -1.91. The first-order valence-electron chi connectivity index (χ1n) is 4.49. The van der Waals surface area contributed by atoms with Crippen LogP contribution >= 0.6 is 0 Å². The fraction of sp³-hybridized carbons (Fsp3) is 0.200. The van der Waals surface area contributed by atoms with Gasteiger partial charge in [-0.15, -0.1) is 0 Å². The number of amides is 3. The number of nitrogens with one attached hydrogen (secondary N) is 1. The van der Waals surface area contributed by atoms with Crippen molar-refractivity contribution in [2.75, 3.05) is 4.90 Å². The molecule has 15 heavy (non-hydrogen) atoms. The Kier molecular flexibility index (Phi) is 2.15. The quantitative estimate of drug-likeness (QED) is 0.706. The number of hydrogen-bond donors (Lipinski definition) is 1. The van der Waals surface area contributed by atoms with E-state index < -0.39 is 17.9 Å². The van der Waals surface area contributed by atoms with Crippen LogP contribution < -0.4 is 10.2 Å². The fourth-order valence-electron chi connectivity index (χ4n) is 1.44. The minimum Gasteiger partial charge on any atom is -0.326 e. The third-order valence-electron chi connectivity index (χ3n) is 2.22. The van der Waals surface area contributed by atoms with Crippen LogP contribution in [0.2, 0.25) is 0 Å². The monoisotopic (exact) mass is 208 g/mol. The number of carbonyl (C=O) groups excluding carboxylic acids is 2. The van der Waals surface area contributed by atoms with Crippen molar-refractivity contribution in [2.45, 2.75) is 13.0 Å². The van der Waals surface area contributed by atoms with Gasteiger partial charge in [-0.25, -0.2) is 14.1 Å². The van der Waals surface area contributed by atoms with E-state index in [-0.39, 0.29) is 5.91 Å². The number of hydrogen-bond acceptors (Lipinski definition) is 2. The molecule has 1 aliphatic rings. The van der Waals surface area contributed by atoms with Crippen molar-refractivity contribution in [1.29, 1.82) is 0 Å². The number of urea groups is 1. The standard InChI is InChI=1S/C10H9FN2O2/c1-6-9(14)13(10(15)12-6)8-4-2-7(11)3-5-8/h2-6H,1H3,(H,12,15)/t6-/m0/s1. The highest BCUT2D eigenvalue weighted by Gasteiger charge is 2.35. The van der Waals surface area contributed by atoms with Gasteiger partial charge in [0, 0.05) is 0 Å². The molecule has 0 unspecified atom stereocenters. The van der Waals surface area contributed by atoms with E-state index in [1.807, 2.05) is 0 Å². The molecule has 1 aliphatic heterocycles. The molecule has 5 heteroatoms. The van der Waals surface area contributed by atoms with Crippen LogP contribution in [-0.2, 0) is 4.79 Å². The summed E-state index contributed by atoms with van der Waals surface area (Å²) in [4.78, 5) is 23.9. The van der Waals surface area contributed by atoms with Crippen molar-refractivity contribution < 1.29 is 14.0 Å². The average molecular weight is 208 g/mol. The Balaban J connectivity index is 2.35. The molecule has 1 heterocycles. The van der Waals surface area contributed by atoms with Crippen LogP contribution in [0.3, 0.4) is 0 Å². The summed E-state index contributed by atoms with van der Waals surface area (Å²) in [6.45, 7) is 1.60. The zero-order valence-corrected chi connectivity index (χ0v) is 8.03. The lowest BCUT2D eigenvalue weighted by atomic mass is 10.2. The second-order valence-electron chi connectivity index (χ2n) is 3.32. The Bertz CT molecular complexity index is 416. The number of carbonyl (C=O) groups is 2. The predicted octanol–water partition coefficient (Wildman–Crippen LogP) is 1.27. The zero-order chi connectivity index (χ0) is 11.0. The summed E-state index contributed by atoms with van der Waals surface area (Å²) < 4.78 is 12.6. The van der Waals surface area contributed by atoms with E-state index in [2.05, 4.69) is 5.32 Å². The van der Waals surface area contributed by atoms with Gasteiger partial charge in [-0.3, -0.25) is 4.79 Å². The van der Waals surface area contributed by atoms with Gasteiger partial charge in [-0.2, -0.15) is 0 Å². The topological polar surface area (TPSA) is 49.4 Å². The van der Waals surface area contributed by atoms with E-state index >= 15 is 0 Å². The molecule has 2 rings (SSSR count). The van der Waals surface area contributed by atoms with E-state index in [1.165, 1.54) is 24.3 Å². The van der Waals surface area contributed by atoms with Gasteiger partial charge in [0.05, 0.1) is 5.69 Å². The Morgan fingerprint density at radius 3 is 2.33 bits per heavy atom. The highest BCUT2D eigenvalue weighted by atomic mass is 19.1. The largest absolute Gasteiger partial charge is 0.329 e. The first-order chi connectivity index (χ1) is 7.09. The maximum absolute atomic E-state index is 12.6. The molecule has 1 N–H and O–H groups in total. The van der Waals surface area contributed by atoms with Crippen molar-refractivity contribution in [2.24, 2.45) is 0 Å². The van der Waals surface area contributed by atoms with Gasteiger partial charge in [0.1, 0.15) is 11.9 Å². The highest BCUT2D eigenvalue weighted by Crippen LogP contribution is 2.19. The second kappa shape index (κ2) is 3.34. The third-order valence-corrected chi connectivity index (χ3v) is 2.22. The summed E-state index contributed by atoms with van der Waals surface area (Å²) >= 11 is 0. The van der Waals surface area contributed by atoms with E-state index in [9.17, 15) is 14.0 Å². The Labute approximate surface area is 85.7 Å². The highest BCUT2D eigenvalue weighted by molar-refractivity contribution is 6.21. The summed E-state index contributed by atoms with van der Waals surface area (Å²) in [6, 6.07) is 4.20. The van der Waals surface area contributed by atoms with Crippen LogP contribution in [0.1, 0.15) is 6.92 Å². The summed E-state index contributed by atoms with van der Waals surface area (Å²) in [5, 5.41) is 2.47. The molecule has 1 aromatic carbocycles. The van der Waals surface area contributed by atoms with E-state index in [1.54, 1.807) is 6.92 Å². The molecule has 0 spiro atoms. The molecule has 4 nitrogen and oxygen atoms in total. The summed E-state index contributed by atoms with van der Waals surface area (Å²) in [5.74, 6) is -0.731. The van der Waals surface area contributed by atoms with Crippen molar-refractivity contribution in [3.8, 4) is 0 Å². The molecule has 3 amide bonds. The van der Waals surface area contributed by atoms with E-state index in [0.717, 1.165) is 4.90 Å². The molecule has 0 aromatic heterocycles. The minimum atomic E-state index is -0.525. The smallest absolute Gasteiger partial charge is 0.326 e. The van der Waals surface area contributed by atoms with Gasteiger partial charge in [-0.05, 0) is 31.2 Å². The maximum atomic E-state index is 12.6. The van der Waals surface area contributed by atoms with E-state index in [4.69, 9.17) is 0 Å². The summed E-state index contributed by atoms with van der Waals surface area (Å²) in [5.41, 5.74) is 0.378. The van der Waals surface area contributed by atoms with Crippen LogP contribution in [-0.4, -0.2) is 18.0 Å². The second-order valence-corrected chi connectivity index (χ2v) is 3.32. The molecule has 0 aliphatic carbocycles. The normalized spacial score (nSPS) is 20.7. The number of anilines is 1. The summed E-state index contributed by atoms with van der Waals surface area (Å²) in [7, 11) is 0. The fourth-order valence-corrected chi connectivity index (χ4v) is 1.44. The molecular weight excluding hydrogens is 199 g/mol. The van der Waals surface area contributed by atoms with Crippen LogP contribution in [0.5, 0.6) is 0 Å². The lowest BCUT2D eigenvalue weighted by Crippen LogP contribution is -2.30. The van der Waals surface area contributed by atoms with Gasteiger partial charge in [0.2, 0.25) is 0 Å². The molecule has 0 radical (unpaired) electrons. The molecular formula is C10H9FN2O2. The number of nitrogens with zero attached hydrogens (tertiary/aromatic N) is 1. The average Bonchev–Trinajstić information content (AvgIpc) is 2.44. The van der Waals surface area contributed by atoms with Crippen LogP contribution in [0, 0.1) is 5.82 Å². The van der Waals surface area contributed by atoms with Crippen LogP contribution in [0.15, 0.2) is 24.3 Å². The van der Waals surface area contributed by atoms with Gasteiger partial charge < -0.3 is 5.32 Å². The zero-order valence-electron chi connectivity index (χ0n) is 8.03. The minimum absolute atomic E-state index is 0.327. The first kappa shape index (κ1) is 9.64. The van der Waals surface area contributed by atoms with Gasteiger partial charge in [0.25, 0.3) is 5.91 Å². The molecule has 0 bridgehead atoms. The number of rotatable bonds is 1. The molecule has 1 saturated heterocycles. The number of imide groups is 1. The lowest BCUT2D eigenvalue weighted by Gasteiger charge is -2.11. The molecule has 1 atom stereocenters. The molecule has 1 aromatic rings. The SMILES string of the molecule is C[C@@H]1NC(=O)N(c2ccc(F)cc2)C1=O. The molecule has 1 fully saturated rings. The van der Waals surface area contributed by atoms with Gasteiger partial charge >= 0.3 is 6.03 Å². The van der Waals surface area contributed by atoms with E-state index in [0.29, 0.717) is 5.69 Å². The van der Waals surface area contributed by atoms with Crippen molar-refractivity contribution in [3.63, 3.8) is 0 Å². The molecule has 78 valence electrons. The third kappa shape index (κ3) is 1.56. The predicted molar refractivity (Wildman–Crippen MR) is 51.9 cm³/mol. The van der Waals surface area contributed by atoms with Crippen molar-refractivity contribution in [1.82, 2.24) is 5.32 Å². The van der Waals surface area contributed by atoms with Crippen LogP contribution in [0.25, 0.3) is 0 Å². The Morgan fingerprint density at radius 1 is 1.27 bits per heavy atom. The molecule has 0 saturated carbocycles. The number of benzene rings is 1. The van der Waals surface area contributed by atoms with Crippen molar-refractivity contribution in [3.05, 3.63) is 30.1 Å². The number of halogens is 1. The van der Waals surface area contributed by atoms with Gasteiger partial charge in [-0.1, -0.05) is 0 Å². The lowest BCUT2D eigenvalue weighted by molar-refractivity contribution is -0.117.